The molecular weight excluding hydrogens is 590 g/mol. The van der Waals surface area contributed by atoms with Crippen molar-refractivity contribution >= 4 is 40.4 Å². The van der Waals surface area contributed by atoms with Crippen LogP contribution in [0.3, 0.4) is 0 Å². The van der Waals surface area contributed by atoms with Crippen LogP contribution in [0.5, 0.6) is 5.75 Å². The second-order valence-corrected chi connectivity index (χ2v) is 12.8. The Morgan fingerprint density at radius 3 is 2.38 bits per heavy atom. The summed E-state index contributed by atoms with van der Waals surface area (Å²) in [5.41, 5.74) is 4.45. The van der Waals surface area contributed by atoms with Crippen LogP contribution >= 0.6 is 11.6 Å². The molecular formula is C33H46ClN9O2. The van der Waals surface area contributed by atoms with E-state index in [2.05, 4.69) is 54.5 Å². The molecule has 0 saturated carbocycles. The minimum absolute atomic E-state index is 0.0816. The largest absolute Gasteiger partial charge is 0.505 e. The van der Waals surface area contributed by atoms with E-state index in [0.29, 0.717) is 37.1 Å². The summed E-state index contributed by atoms with van der Waals surface area (Å²) in [7, 11) is 0. The molecule has 0 spiro atoms. The van der Waals surface area contributed by atoms with Crippen LogP contribution in [0.25, 0.3) is 16.7 Å². The van der Waals surface area contributed by atoms with Gasteiger partial charge >= 0.3 is 0 Å². The van der Waals surface area contributed by atoms with Gasteiger partial charge in [0.05, 0.1) is 0 Å². The number of unbranched alkanes of at least 4 members (excludes halogenated alkanes) is 2. The van der Waals surface area contributed by atoms with Crippen LogP contribution in [0, 0.1) is 6.92 Å². The first-order chi connectivity index (χ1) is 21.5. The van der Waals surface area contributed by atoms with E-state index in [-0.39, 0.29) is 28.8 Å². The van der Waals surface area contributed by atoms with E-state index in [1.165, 1.54) is 4.80 Å². The number of aromatic nitrogens is 6. The summed E-state index contributed by atoms with van der Waals surface area (Å²) in [6.07, 6.45) is 5.02. The summed E-state index contributed by atoms with van der Waals surface area (Å²) in [4.78, 5) is 29.6. The molecule has 4 aromatic rings. The van der Waals surface area contributed by atoms with Crippen molar-refractivity contribution in [2.24, 2.45) is 0 Å². The number of fused-ring (bicyclic) bond motifs is 1. The first-order valence-electron chi connectivity index (χ1n) is 15.9. The van der Waals surface area contributed by atoms with Crippen molar-refractivity contribution in [3.63, 3.8) is 0 Å². The maximum absolute atomic E-state index is 12.8. The molecule has 12 heteroatoms. The number of benzene rings is 2. The minimum Gasteiger partial charge on any atom is -0.505 e. The average Bonchev–Trinajstić information content (AvgIpc) is 3.41. The molecule has 45 heavy (non-hydrogen) atoms. The molecule has 0 bridgehead atoms. The Morgan fingerprint density at radius 2 is 1.69 bits per heavy atom. The van der Waals surface area contributed by atoms with Crippen molar-refractivity contribution in [2.75, 3.05) is 36.4 Å². The molecule has 4 rings (SSSR count). The van der Waals surface area contributed by atoms with Crippen molar-refractivity contribution in [2.45, 2.75) is 85.5 Å². The first-order valence-corrected chi connectivity index (χ1v) is 16.2. The summed E-state index contributed by atoms with van der Waals surface area (Å²) >= 11 is 6.23. The van der Waals surface area contributed by atoms with E-state index in [1.807, 2.05) is 58.0 Å². The molecule has 2 heterocycles. The fourth-order valence-electron chi connectivity index (χ4n) is 4.97. The van der Waals surface area contributed by atoms with Gasteiger partial charge in [-0.05, 0) is 72.5 Å². The van der Waals surface area contributed by atoms with E-state index in [0.717, 1.165) is 66.5 Å². The Morgan fingerprint density at radius 1 is 0.978 bits per heavy atom. The number of phenols is 1. The number of aryl methyl sites for hydroxylation is 2. The molecule has 11 nitrogen and oxygen atoms in total. The van der Waals surface area contributed by atoms with E-state index in [4.69, 9.17) is 11.6 Å². The van der Waals surface area contributed by atoms with Crippen LogP contribution in [0.15, 0.2) is 30.3 Å². The van der Waals surface area contributed by atoms with Crippen LogP contribution in [0.4, 0.5) is 11.9 Å². The monoisotopic (exact) mass is 635 g/mol. The van der Waals surface area contributed by atoms with Gasteiger partial charge in [-0.2, -0.15) is 15.0 Å². The van der Waals surface area contributed by atoms with Gasteiger partial charge in [-0.15, -0.1) is 15.0 Å². The summed E-state index contributed by atoms with van der Waals surface area (Å²) < 4.78 is 0. The van der Waals surface area contributed by atoms with Crippen molar-refractivity contribution in [1.82, 2.24) is 35.3 Å². The Bertz CT molecular complexity index is 1590. The fraction of sp³-hybridized carbons (Fsp3) is 0.515. The molecule has 0 fully saturated rings. The highest BCUT2D eigenvalue weighted by Crippen LogP contribution is 2.36. The van der Waals surface area contributed by atoms with Gasteiger partial charge in [-0.25, -0.2) is 0 Å². The van der Waals surface area contributed by atoms with Gasteiger partial charge in [0.25, 0.3) is 0 Å². The molecule has 0 aliphatic heterocycles. The van der Waals surface area contributed by atoms with Gasteiger partial charge in [0.15, 0.2) is 0 Å². The number of carbonyl (C=O) groups is 1. The summed E-state index contributed by atoms with van der Waals surface area (Å²) in [5.74, 6) is 1.01. The summed E-state index contributed by atoms with van der Waals surface area (Å²) in [6, 6.07) is 9.70. The SMILES string of the molecule is CCCCN(CCCC)c1nc(Cl)nc(NCCNC(=O)CCc2cc(-n3nc4ccc(C)cc4n3)c(O)c(C(C)(C)C)c2)n1. The van der Waals surface area contributed by atoms with E-state index in [1.54, 1.807) is 0 Å². The Kier molecular flexibility index (Phi) is 11.6. The third-order valence-corrected chi connectivity index (χ3v) is 7.69. The average molecular weight is 636 g/mol. The molecule has 0 radical (unpaired) electrons. The van der Waals surface area contributed by atoms with Crippen LogP contribution in [-0.2, 0) is 16.6 Å². The summed E-state index contributed by atoms with van der Waals surface area (Å²) in [6.45, 7) is 15.0. The molecule has 2 aromatic carbocycles. The lowest BCUT2D eigenvalue weighted by molar-refractivity contribution is -0.120. The number of hydrogen-bond acceptors (Lipinski definition) is 9. The van der Waals surface area contributed by atoms with E-state index < -0.39 is 0 Å². The number of nitrogens with zero attached hydrogens (tertiary/aromatic N) is 7. The number of carbonyl (C=O) groups excluding carboxylic acids is 1. The number of anilines is 2. The molecule has 1 amide bonds. The zero-order valence-corrected chi connectivity index (χ0v) is 28.1. The number of hydrogen-bond donors (Lipinski definition) is 3. The van der Waals surface area contributed by atoms with Crippen molar-refractivity contribution < 1.29 is 9.90 Å². The third-order valence-electron chi connectivity index (χ3n) is 7.52. The predicted octanol–water partition coefficient (Wildman–Crippen LogP) is 6.14. The standard InChI is InChI=1S/C33H46ClN9O2/c1-7-9-17-42(18-10-8-2)32-38-30(34)37-31(39-32)36-16-15-35-28(44)14-12-23-20-24(33(4,5)6)29(45)27(21-23)43-40-25-13-11-22(3)19-26(25)41-43/h11,13,19-21,45H,7-10,12,14-18H2,1-6H3,(H,35,44)(H,36,37,38,39). The second-order valence-electron chi connectivity index (χ2n) is 12.4. The zero-order chi connectivity index (χ0) is 32.6. The maximum Gasteiger partial charge on any atom is 0.231 e. The van der Waals surface area contributed by atoms with Crippen LogP contribution in [0.1, 0.15) is 83.4 Å². The topological polar surface area (TPSA) is 134 Å². The van der Waals surface area contributed by atoms with Crippen molar-refractivity contribution in [3.05, 3.63) is 52.3 Å². The molecule has 0 aliphatic rings. The fourth-order valence-corrected chi connectivity index (χ4v) is 5.13. The molecule has 0 unspecified atom stereocenters. The van der Waals surface area contributed by atoms with Crippen molar-refractivity contribution in [1.29, 1.82) is 0 Å². The minimum atomic E-state index is -0.327. The Hall–Kier alpha value is -3.99. The number of aromatic hydroxyl groups is 1. The molecule has 3 N–H and O–H groups in total. The second kappa shape index (κ2) is 15.3. The Balaban J connectivity index is 1.37. The van der Waals surface area contributed by atoms with Crippen LogP contribution < -0.4 is 15.5 Å². The van der Waals surface area contributed by atoms with Gasteiger partial charge in [0, 0.05) is 38.2 Å². The van der Waals surface area contributed by atoms with Gasteiger partial charge < -0.3 is 20.6 Å². The highest BCUT2D eigenvalue weighted by Gasteiger charge is 2.23. The number of rotatable bonds is 15. The molecule has 0 aliphatic carbocycles. The van der Waals surface area contributed by atoms with Gasteiger partial charge in [0.1, 0.15) is 22.5 Å². The van der Waals surface area contributed by atoms with Gasteiger partial charge in [-0.1, -0.05) is 59.6 Å². The maximum atomic E-state index is 12.8. The third kappa shape index (κ3) is 9.26. The number of amides is 1. The molecule has 0 atom stereocenters. The van der Waals surface area contributed by atoms with E-state index in [9.17, 15) is 9.90 Å². The first kappa shape index (κ1) is 33.9. The molecule has 2 aromatic heterocycles. The number of halogens is 1. The zero-order valence-electron chi connectivity index (χ0n) is 27.3. The molecule has 242 valence electrons. The van der Waals surface area contributed by atoms with E-state index >= 15 is 0 Å². The lowest BCUT2D eigenvalue weighted by Crippen LogP contribution is -2.30. The number of phenolic OH excluding ortho intramolecular Hbond substituents is 1. The van der Waals surface area contributed by atoms with Crippen LogP contribution in [-0.4, -0.2) is 67.1 Å². The number of nitrogens with one attached hydrogen (secondary N) is 2. The molecule has 0 saturated heterocycles. The lowest BCUT2D eigenvalue weighted by Gasteiger charge is -2.23. The normalized spacial score (nSPS) is 11.6. The van der Waals surface area contributed by atoms with Gasteiger partial charge in [-0.3, -0.25) is 4.79 Å². The lowest BCUT2D eigenvalue weighted by atomic mass is 9.84. The quantitative estimate of drug-likeness (QED) is 0.132. The Labute approximate surface area is 270 Å². The predicted molar refractivity (Wildman–Crippen MR) is 181 cm³/mol. The summed E-state index contributed by atoms with van der Waals surface area (Å²) in [5, 5.41) is 26.7. The highest BCUT2D eigenvalue weighted by molar-refractivity contribution is 6.28. The van der Waals surface area contributed by atoms with Gasteiger partial charge in [0.2, 0.25) is 23.1 Å². The highest BCUT2D eigenvalue weighted by atomic mass is 35.5. The van der Waals surface area contributed by atoms with Crippen LogP contribution in [0.2, 0.25) is 5.28 Å². The van der Waals surface area contributed by atoms with Crippen molar-refractivity contribution in [3.8, 4) is 11.4 Å². The smallest absolute Gasteiger partial charge is 0.231 e.